The molecular formula is C31H26BCl4N. The van der Waals surface area contributed by atoms with E-state index in [1.807, 2.05) is 66.7 Å². The lowest BCUT2D eigenvalue weighted by Gasteiger charge is -2.44. The number of aromatic nitrogens is 1. The lowest BCUT2D eigenvalue weighted by molar-refractivity contribution is -0.693. The van der Waals surface area contributed by atoms with E-state index >= 15 is 0 Å². The Hall–Kier alpha value is -2.75. The molecule has 4 aromatic carbocycles. The van der Waals surface area contributed by atoms with E-state index in [-0.39, 0.29) is 0 Å². The number of aryl methyl sites for hydroxylation is 1. The standard InChI is InChI=1S/C24H16BCl4.C7H10N/c26-21-9-1-17(2-10-21)25(18-3-11-22(27)12-4-18,19-5-13-23(28)14-6-19)20-7-15-24(29)16-8-20;1-2-8-6-4-3-5-7-8/h1-16H;3-7H,2H2,1H3/q-1;+1. The molecule has 5 aromatic rings. The highest BCUT2D eigenvalue weighted by molar-refractivity contribution is 7.19. The lowest BCUT2D eigenvalue weighted by atomic mass is 9.13. The van der Waals surface area contributed by atoms with Crippen molar-refractivity contribution in [2.75, 3.05) is 0 Å². The summed E-state index contributed by atoms with van der Waals surface area (Å²) >= 11 is 24.9. The maximum absolute atomic E-state index is 6.22. The first-order valence-electron chi connectivity index (χ1n) is 12.1. The molecule has 0 fully saturated rings. The largest absolute Gasteiger partial charge is 0.205 e. The van der Waals surface area contributed by atoms with Crippen molar-refractivity contribution in [2.24, 2.45) is 0 Å². The minimum atomic E-state index is -1.51. The van der Waals surface area contributed by atoms with Crippen molar-refractivity contribution >= 4 is 74.4 Å². The van der Waals surface area contributed by atoms with Gasteiger partial charge in [0, 0.05) is 32.2 Å². The van der Waals surface area contributed by atoms with Crippen LogP contribution in [0.1, 0.15) is 6.92 Å². The molecule has 0 radical (unpaired) electrons. The van der Waals surface area contributed by atoms with Gasteiger partial charge in [-0.3, -0.25) is 0 Å². The van der Waals surface area contributed by atoms with Crippen LogP contribution >= 0.6 is 46.4 Å². The van der Waals surface area contributed by atoms with Crippen LogP contribution in [-0.4, -0.2) is 6.15 Å². The molecule has 37 heavy (non-hydrogen) atoms. The third-order valence-electron chi connectivity index (χ3n) is 6.62. The Bertz CT molecular complexity index is 1220. The van der Waals surface area contributed by atoms with Gasteiger partial charge >= 0.3 is 0 Å². The summed E-state index contributed by atoms with van der Waals surface area (Å²) in [4.78, 5) is 0. The molecule has 0 spiro atoms. The van der Waals surface area contributed by atoms with E-state index in [4.69, 9.17) is 46.4 Å². The van der Waals surface area contributed by atoms with Crippen LogP contribution in [0.5, 0.6) is 0 Å². The Morgan fingerprint density at radius 1 is 0.459 bits per heavy atom. The Morgan fingerprint density at radius 3 is 0.946 bits per heavy atom. The molecule has 0 amide bonds. The molecule has 0 aliphatic carbocycles. The molecule has 0 aliphatic heterocycles. The van der Waals surface area contributed by atoms with E-state index in [1.54, 1.807) is 0 Å². The second-order valence-electron chi connectivity index (χ2n) is 8.78. The van der Waals surface area contributed by atoms with E-state index < -0.39 is 6.15 Å². The molecule has 6 heteroatoms. The molecule has 1 aromatic heterocycles. The number of pyridine rings is 1. The quantitative estimate of drug-likeness (QED) is 0.166. The van der Waals surface area contributed by atoms with Crippen molar-refractivity contribution in [2.45, 2.75) is 13.5 Å². The highest BCUT2D eigenvalue weighted by Gasteiger charge is 2.31. The number of hydrogen-bond acceptors (Lipinski definition) is 0. The maximum Gasteiger partial charge on any atom is 0.168 e. The first-order chi connectivity index (χ1) is 17.9. The van der Waals surface area contributed by atoms with Gasteiger partial charge in [0.1, 0.15) is 12.7 Å². The first kappa shape index (κ1) is 27.3. The Kier molecular flexibility index (Phi) is 9.35. The Labute approximate surface area is 239 Å². The molecule has 5 rings (SSSR count). The molecule has 0 saturated carbocycles. The van der Waals surface area contributed by atoms with Gasteiger partial charge in [-0.05, 0) is 55.5 Å². The van der Waals surface area contributed by atoms with Gasteiger partial charge in [0.15, 0.2) is 12.4 Å². The second-order valence-corrected chi connectivity index (χ2v) is 10.5. The molecule has 186 valence electrons. The molecule has 0 aliphatic rings. The van der Waals surface area contributed by atoms with Crippen LogP contribution < -0.4 is 26.4 Å². The summed E-state index contributed by atoms with van der Waals surface area (Å²) in [6, 6.07) is 38.2. The molecule has 0 atom stereocenters. The smallest absolute Gasteiger partial charge is 0.168 e. The SMILES string of the molecule is CC[n+]1ccccc1.Clc1ccc([B-](c2ccc(Cl)cc2)(c2ccc(Cl)cc2)c2ccc(Cl)cc2)cc1. The van der Waals surface area contributed by atoms with Crippen molar-refractivity contribution < 1.29 is 4.57 Å². The highest BCUT2D eigenvalue weighted by Crippen LogP contribution is 2.16. The summed E-state index contributed by atoms with van der Waals surface area (Å²) in [5.74, 6) is 0. The normalized spacial score (nSPS) is 10.9. The zero-order chi connectivity index (χ0) is 26.3. The minimum Gasteiger partial charge on any atom is -0.205 e. The number of nitrogens with zero attached hydrogens (tertiary/aromatic N) is 1. The molecule has 0 unspecified atom stereocenters. The van der Waals surface area contributed by atoms with Gasteiger partial charge in [-0.1, -0.05) is 101 Å². The van der Waals surface area contributed by atoms with Crippen molar-refractivity contribution in [3.8, 4) is 0 Å². The monoisotopic (exact) mass is 563 g/mol. The predicted octanol–water partition coefficient (Wildman–Crippen LogP) is 6.67. The molecule has 0 saturated heterocycles. The summed E-state index contributed by atoms with van der Waals surface area (Å²) in [6.07, 6.45) is 2.60. The lowest BCUT2D eigenvalue weighted by Crippen LogP contribution is -2.74. The van der Waals surface area contributed by atoms with E-state index in [0.29, 0.717) is 20.1 Å². The van der Waals surface area contributed by atoms with Gasteiger partial charge in [0.25, 0.3) is 0 Å². The molecule has 0 bridgehead atoms. The second kappa shape index (κ2) is 12.7. The van der Waals surface area contributed by atoms with Crippen LogP contribution in [0.2, 0.25) is 20.1 Å². The first-order valence-corrected chi connectivity index (χ1v) is 13.6. The van der Waals surface area contributed by atoms with Gasteiger partial charge in [0.2, 0.25) is 0 Å². The van der Waals surface area contributed by atoms with Gasteiger partial charge < -0.3 is 0 Å². The molecule has 1 nitrogen and oxygen atoms in total. The molecule has 0 N–H and O–H groups in total. The van der Waals surface area contributed by atoms with E-state index in [1.165, 1.54) is 0 Å². The highest BCUT2D eigenvalue weighted by atomic mass is 35.5. The zero-order valence-electron chi connectivity index (χ0n) is 20.4. The average Bonchev–Trinajstić information content (AvgIpc) is 2.93. The number of benzene rings is 4. The third kappa shape index (κ3) is 6.40. The van der Waals surface area contributed by atoms with Crippen molar-refractivity contribution in [1.29, 1.82) is 0 Å². The maximum atomic E-state index is 6.22. The van der Waals surface area contributed by atoms with Crippen LogP contribution in [0.4, 0.5) is 0 Å². The van der Waals surface area contributed by atoms with Crippen LogP contribution in [-0.2, 0) is 6.54 Å². The van der Waals surface area contributed by atoms with Gasteiger partial charge in [-0.15, -0.1) is 0 Å². The fraction of sp³-hybridized carbons (Fsp3) is 0.0645. The van der Waals surface area contributed by atoms with Gasteiger partial charge in [0.05, 0.1) is 0 Å². The predicted molar refractivity (Wildman–Crippen MR) is 162 cm³/mol. The van der Waals surface area contributed by atoms with Crippen molar-refractivity contribution in [1.82, 2.24) is 0 Å². The fourth-order valence-corrected chi connectivity index (χ4v) is 5.31. The van der Waals surface area contributed by atoms with Crippen LogP contribution in [0.3, 0.4) is 0 Å². The van der Waals surface area contributed by atoms with E-state index in [2.05, 4.69) is 72.4 Å². The van der Waals surface area contributed by atoms with E-state index in [0.717, 1.165) is 28.4 Å². The third-order valence-corrected chi connectivity index (χ3v) is 7.63. The van der Waals surface area contributed by atoms with E-state index in [9.17, 15) is 0 Å². The van der Waals surface area contributed by atoms with Crippen LogP contribution in [0.15, 0.2) is 128 Å². The summed E-state index contributed by atoms with van der Waals surface area (Å²) in [7, 11) is 0. The number of hydrogen-bond donors (Lipinski definition) is 0. The summed E-state index contributed by atoms with van der Waals surface area (Å²) in [6.45, 7) is 3.18. The molecular weight excluding hydrogens is 539 g/mol. The summed E-state index contributed by atoms with van der Waals surface area (Å²) < 4.78 is 2.12. The number of halogens is 4. The van der Waals surface area contributed by atoms with Gasteiger partial charge in [-0.25, -0.2) is 4.57 Å². The van der Waals surface area contributed by atoms with Crippen molar-refractivity contribution in [3.63, 3.8) is 0 Å². The Morgan fingerprint density at radius 2 is 0.730 bits per heavy atom. The fourth-order valence-electron chi connectivity index (χ4n) is 4.81. The zero-order valence-corrected chi connectivity index (χ0v) is 23.4. The summed E-state index contributed by atoms with van der Waals surface area (Å²) in [5, 5.41) is 2.78. The molecule has 1 heterocycles. The van der Waals surface area contributed by atoms with Crippen LogP contribution in [0.25, 0.3) is 0 Å². The number of rotatable bonds is 5. The topological polar surface area (TPSA) is 3.88 Å². The minimum absolute atomic E-state index is 0.696. The Balaban J connectivity index is 0.000000342. The summed E-state index contributed by atoms with van der Waals surface area (Å²) in [5.41, 5.74) is 4.56. The van der Waals surface area contributed by atoms with Crippen LogP contribution in [0, 0.1) is 0 Å². The van der Waals surface area contributed by atoms with Gasteiger partial charge in [-0.2, -0.15) is 21.9 Å². The van der Waals surface area contributed by atoms with Crippen molar-refractivity contribution in [3.05, 3.63) is 148 Å². The average molecular weight is 565 g/mol.